The number of methoxy groups -OCH3 is 1. The number of halogens is 4. The molecule has 0 saturated carbocycles. The van der Waals surface area contributed by atoms with E-state index in [2.05, 4.69) is 21.2 Å². The zero-order valence-corrected chi connectivity index (χ0v) is 15.0. The molecule has 23 heavy (non-hydrogen) atoms. The Hall–Kier alpha value is -1.56. The van der Waals surface area contributed by atoms with Crippen molar-refractivity contribution in [3.05, 3.63) is 62.3 Å². The predicted molar refractivity (Wildman–Crippen MR) is 94.8 cm³/mol. The van der Waals surface area contributed by atoms with Crippen molar-refractivity contribution >= 4 is 56.8 Å². The van der Waals surface area contributed by atoms with Crippen LogP contribution in [0.25, 0.3) is 6.08 Å². The summed E-state index contributed by atoms with van der Waals surface area (Å²) in [5.41, 5.74) is 0.621. The van der Waals surface area contributed by atoms with Crippen molar-refractivity contribution in [3.63, 3.8) is 0 Å². The minimum Gasteiger partial charge on any atom is -0.495 e. The van der Waals surface area contributed by atoms with Crippen LogP contribution in [-0.4, -0.2) is 13.0 Å². The molecule has 1 N–H and O–H groups in total. The second-order valence-corrected chi connectivity index (χ2v) is 6.22. The molecule has 0 aromatic heterocycles. The number of carbonyl (C=O) groups excluding carboxylic acids is 1. The Morgan fingerprint density at radius 3 is 2.70 bits per heavy atom. The van der Waals surface area contributed by atoms with Crippen molar-refractivity contribution in [2.45, 2.75) is 0 Å². The van der Waals surface area contributed by atoms with Crippen molar-refractivity contribution in [3.8, 4) is 5.75 Å². The molecule has 0 atom stereocenters. The zero-order chi connectivity index (χ0) is 17.0. The van der Waals surface area contributed by atoms with E-state index in [4.69, 9.17) is 27.9 Å². The summed E-state index contributed by atoms with van der Waals surface area (Å²) < 4.78 is 19.4. The highest BCUT2D eigenvalue weighted by atomic mass is 79.9. The van der Waals surface area contributed by atoms with Crippen LogP contribution >= 0.6 is 39.1 Å². The monoisotopic (exact) mass is 417 g/mol. The maximum absolute atomic E-state index is 13.7. The molecule has 0 radical (unpaired) electrons. The number of nitrogens with one attached hydrogen (secondary N) is 1. The fourth-order valence-electron chi connectivity index (χ4n) is 1.85. The lowest BCUT2D eigenvalue weighted by Gasteiger charge is -2.08. The highest BCUT2D eigenvalue weighted by molar-refractivity contribution is 9.10. The van der Waals surface area contributed by atoms with E-state index in [0.29, 0.717) is 25.8 Å². The van der Waals surface area contributed by atoms with Gasteiger partial charge in [0.15, 0.2) is 0 Å². The van der Waals surface area contributed by atoms with Crippen molar-refractivity contribution < 1.29 is 13.9 Å². The summed E-state index contributed by atoms with van der Waals surface area (Å²) in [6, 6.07) is 7.50. The number of hydrogen-bond acceptors (Lipinski definition) is 2. The minimum atomic E-state index is -0.537. The van der Waals surface area contributed by atoms with E-state index < -0.39 is 11.7 Å². The van der Waals surface area contributed by atoms with Crippen LogP contribution in [0.2, 0.25) is 10.0 Å². The molecule has 0 unspecified atom stereocenters. The van der Waals surface area contributed by atoms with E-state index in [1.807, 2.05) is 0 Å². The van der Waals surface area contributed by atoms with Gasteiger partial charge in [-0.1, -0.05) is 39.1 Å². The second kappa shape index (κ2) is 7.81. The van der Waals surface area contributed by atoms with Crippen LogP contribution in [0.3, 0.4) is 0 Å². The van der Waals surface area contributed by atoms with Gasteiger partial charge in [0.1, 0.15) is 11.6 Å². The fraction of sp³-hybridized carbons (Fsp3) is 0.0625. The van der Waals surface area contributed by atoms with Gasteiger partial charge in [0.2, 0.25) is 5.91 Å². The van der Waals surface area contributed by atoms with Gasteiger partial charge in [-0.2, -0.15) is 0 Å². The quantitative estimate of drug-likeness (QED) is 0.660. The molecular formula is C16H11BrCl2FNO2. The van der Waals surface area contributed by atoms with E-state index in [0.717, 1.165) is 0 Å². The highest BCUT2D eigenvalue weighted by Crippen LogP contribution is 2.33. The highest BCUT2D eigenvalue weighted by Gasteiger charge is 2.09. The molecular weight excluding hydrogens is 408 g/mol. The Morgan fingerprint density at radius 1 is 1.30 bits per heavy atom. The first kappa shape index (κ1) is 17.8. The van der Waals surface area contributed by atoms with Crippen molar-refractivity contribution in [2.24, 2.45) is 0 Å². The van der Waals surface area contributed by atoms with E-state index in [1.54, 1.807) is 12.1 Å². The minimum absolute atomic E-state index is 0.0824. The predicted octanol–water partition coefficient (Wildman–Crippen LogP) is 5.56. The molecule has 0 aliphatic rings. The number of anilines is 1. The second-order valence-electron chi connectivity index (χ2n) is 4.46. The summed E-state index contributed by atoms with van der Waals surface area (Å²) in [5.74, 6) is -0.635. The van der Waals surface area contributed by atoms with Gasteiger partial charge in [-0.15, -0.1) is 0 Å². The van der Waals surface area contributed by atoms with Gasteiger partial charge in [0.05, 0.1) is 17.8 Å². The van der Waals surface area contributed by atoms with E-state index >= 15 is 0 Å². The van der Waals surface area contributed by atoms with Crippen molar-refractivity contribution in [2.75, 3.05) is 12.4 Å². The number of benzene rings is 2. The van der Waals surface area contributed by atoms with E-state index in [-0.39, 0.29) is 5.69 Å². The molecule has 0 saturated heterocycles. The van der Waals surface area contributed by atoms with Crippen LogP contribution in [0.4, 0.5) is 10.1 Å². The summed E-state index contributed by atoms with van der Waals surface area (Å²) in [6.07, 6.45) is 2.73. The lowest BCUT2D eigenvalue weighted by molar-refractivity contribution is -0.111. The van der Waals surface area contributed by atoms with Gasteiger partial charge < -0.3 is 10.1 Å². The molecule has 0 aliphatic carbocycles. The number of carbonyl (C=O) groups is 1. The molecule has 3 nitrogen and oxygen atoms in total. The van der Waals surface area contributed by atoms with Crippen LogP contribution in [0, 0.1) is 5.82 Å². The van der Waals surface area contributed by atoms with Gasteiger partial charge in [0.25, 0.3) is 0 Å². The van der Waals surface area contributed by atoms with Gasteiger partial charge in [-0.05, 0) is 36.4 Å². The molecule has 0 bridgehead atoms. The third-order valence-corrected chi connectivity index (χ3v) is 3.84. The number of rotatable bonds is 4. The van der Waals surface area contributed by atoms with Crippen molar-refractivity contribution in [1.82, 2.24) is 0 Å². The van der Waals surface area contributed by atoms with Gasteiger partial charge >= 0.3 is 0 Å². The van der Waals surface area contributed by atoms with E-state index in [1.165, 1.54) is 37.5 Å². The Bertz CT molecular complexity index is 781. The molecule has 2 aromatic rings. The lowest BCUT2D eigenvalue weighted by atomic mass is 10.2. The Kier molecular flexibility index (Phi) is 6.04. The Labute approximate surface area is 151 Å². The van der Waals surface area contributed by atoms with E-state index in [9.17, 15) is 9.18 Å². The normalized spacial score (nSPS) is 10.8. The molecule has 7 heteroatoms. The van der Waals surface area contributed by atoms with Crippen LogP contribution in [0.5, 0.6) is 5.75 Å². The molecule has 0 spiro atoms. The summed E-state index contributed by atoms with van der Waals surface area (Å²) in [7, 11) is 1.46. The first-order chi connectivity index (χ1) is 10.9. The SMILES string of the molecule is COc1c(Cl)cc(Cl)cc1C=CC(=O)Nc1ccc(Br)cc1F. The smallest absolute Gasteiger partial charge is 0.248 e. The van der Waals surface area contributed by atoms with Crippen LogP contribution in [0.1, 0.15) is 5.56 Å². The Morgan fingerprint density at radius 2 is 2.04 bits per heavy atom. The Balaban J connectivity index is 2.18. The first-order valence-corrected chi connectivity index (χ1v) is 7.92. The zero-order valence-electron chi connectivity index (χ0n) is 11.9. The largest absolute Gasteiger partial charge is 0.495 e. The molecule has 1 amide bonds. The van der Waals surface area contributed by atoms with Crippen molar-refractivity contribution in [1.29, 1.82) is 0 Å². The van der Waals surface area contributed by atoms with Gasteiger partial charge in [0, 0.05) is 21.1 Å². The summed E-state index contributed by atoms with van der Waals surface area (Å²) in [5, 5.41) is 3.19. The standard InChI is InChI=1S/C16H11BrCl2FNO2/c1-23-16-9(6-11(18)8-12(16)19)2-5-15(22)21-14-4-3-10(17)7-13(14)20/h2-8H,1H3,(H,21,22). The summed E-state index contributed by atoms with van der Waals surface area (Å²) in [6.45, 7) is 0. The molecule has 0 aliphatic heterocycles. The number of hydrogen-bond donors (Lipinski definition) is 1. The average molecular weight is 419 g/mol. The maximum atomic E-state index is 13.7. The topological polar surface area (TPSA) is 38.3 Å². The number of ether oxygens (including phenoxy) is 1. The van der Waals surface area contributed by atoms with Gasteiger partial charge in [-0.25, -0.2) is 4.39 Å². The third-order valence-electron chi connectivity index (χ3n) is 2.84. The average Bonchev–Trinajstić information content (AvgIpc) is 2.47. The van der Waals surface area contributed by atoms with Crippen LogP contribution in [-0.2, 0) is 4.79 Å². The molecule has 2 aromatic carbocycles. The molecule has 120 valence electrons. The summed E-state index contributed by atoms with van der Waals surface area (Å²) >= 11 is 15.1. The number of amides is 1. The van der Waals surface area contributed by atoms with Crippen LogP contribution < -0.4 is 10.1 Å². The fourth-order valence-corrected chi connectivity index (χ4v) is 2.77. The maximum Gasteiger partial charge on any atom is 0.248 e. The first-order valence-electron chi connectivity index (χ1n) is 6.38. The third kappa shape index (κ3) is 4.70. The molecule has 0 heterocycles. The van der Waals surface area contributed by atoms with Crippen LogP contribution in [0.15, 0.2) is 40.9 Å². The molecule has 2 rings (SSSR count). The summed E-state index contributed by atoms with van der Waals surface area (Å²) in [4.78, 5) is 11.9. The lowest BCUT2D eigenvalue weighted by Crippen LogP contribution is -2.09. The van der Waals surface area contributed by atoms with Gasteiger partial charge in [-0.3, -0.25) is 4.79 Å². The molecule has 0 fully saturated rings.